The molecule has 0 aliphatic heterocycles. The van der Waals surface area contributed by atoms with E-state index in [1.165, 1.54) is 12.8 Å². The van der Waals surface area contributed by atoms with Gasteiger partial charge in [0, 0.05) is 44.3 Å². The molecule has 0 unspecified atom stereocenters. The van der Waals surface area contributed by atoms with E-state index in [4.69, 9.17) is 4.74 Å². The molecule has 1 heterocycles. The van der Waals surface area contributed by atoms with Crippen molar-refractivity contribution in [3.05, 3.63) is 18.3 Å². The quantitative estimate of drug-likeness (QED) is 0.637. The van der Waals surface area contributed by atoms with Crippen molar-refractivity contribution in [3.8, 4) is 0 Å². The van der Waals surface area contributed by atoms with Gasteiger partial charge in [0.15, 0.2) is 0 Å². The largest absolute Gasteiger partial charge is 0.385 e. The third kappa shape index (κ3) is 5.92. The smallest absolute Gasteiger partial charge is 0.127 e. The Kier molecular flexibility index (Phi) is 5.95. The molecule has 1 aromatic heterocycles. The van der Waals surface area contributed by atoms with Gasteiger partial charge < -0.3 is 15.4 Å². The van der Waals surface area contributed by atoms with E-state index >= 15 is 0 Å². The zero-order valence-electron chi connectivity index (χ0n) is 11.8. The second-order valence-corrected chi connectivity index (χ2v) is 5.16. The number of rotatable bonds is 10. The van der Waals surface area contributed by atoms with E-state index in [1.54, 1.807) is 0 Å². The first kappa shape index (κ1) is 14.1. The van der Waals surface area contributed by atoms with Crippen molar-refractivity contribution in [3.63, 3.8) is 0 Å². The van der Waals surface area contributed by atoms with Crippen LogP contribution in [-0.4, -0.2) is 31.3 Å². The molecule has 2 rings (SSSR count). The molecule has 4 nitrogen and oxygen atoms in total. The summed E-state index contributed by atoms with van der Waals surface area (Å²) < 4.78 is 5.61. The molecule has 0 spiro atoms. The van der Waals surface area contributed by atoms with E-state index in [-0.39, 0.29) is 0 Å². The van der Waals surface area contributed by atoms with E-state index in [1.807, 2.05) is 12.3 Å². The lowest BCUT2D eigenvalue weighted by atomic mass is 10.3. The first-order valence-electron chi connectivity index (χ1n) is 7.40. The third-order valence-corrected chi connectivity index (χ3v) is 3.16. The molecule has 0 radical (unpaired) electrons. The first-order chi connectivity index (χ1) is 9.38. The maximum atomic E-state index is 5.61. The number of hydrogen-bond donors (Lipinski definition) is 2. The van der Waals surface area contributed by atoms with Crippen LogP contribution < -0.4 is 10.6 Å². The molecule has 0 amide bonds. The first-order valence-corrected chi connectivity index (χ1v) is 7.40. The standard InChI is InChI=1S/C15H25N3O/c1-2-7-17-15-11-14(6-9-18-15)16-8-3-10-19-12-13-4-5-13/h6,9,11,13H,2-5,7-8,10,12H2,1H3,(H2,16,17,18). The van der Waals surface area contributed by atoms with Crippen molar-refractivity contribution >= 4 is 11.5 Å². The van der Waals surface area contributed by atoms with E-state index in [0.717, 1.165) is 56.6 Å². The number of ether oxygens (including phenoxy) is 1. The Bertz CT molecular complexity index is 366. The van der Waals surface area contributed by atoms with E-state index < -0.39 is 0 Å². The molecule has 4 heteroatoms. The average molecular weight is 263 g/mol. The predicted molar refractivity (Wildman–Crippen MR) is 79.7 cm³/mol. The zero-order valence-corrected chi connectivity index (χ0v) is 11.8. The van der Waals surface area contributed by atoms with Crippen molar-refractivity contribution in [1.82, 2.24) is 4.98 Å². The van der Waals surface area contributed by atoms with E-state index in [2.05, 4.69) is 28.6 Å². The topological polar surface area (TPSA) is 46.2 Å². The van der Waals surface area contributed by atoms with E-state index in [9.17, 15) is 0 Å². The highest BCUT2D eigenvalue weighted by atomic mass is 16.5. The predicted octanol–water partition coefficient (Wildman–Crippen LogP) is 3.13. The summed E-state index contributed by atoms with van der Waals surface area (Å²) in [6.07, 6.45) is 6.72. The molecule has 19 heavy (non-hydrogen) atoms. The maximum Gasteiger partial charge on any atom is 0.127 e. The van der Waals surface area contributed by atoms with Gasteiger partial charge in [0.25, 0.3) is 0 Å². The van der Waals surface area contributed by atoms with Crippen LogP contribution >= 0.6 is 0 Å². The van der Waals surface area contributed by atoms with Gasteiger partial charge in [-0.2, -0.15) is 0 Å². The SMILES string of the molecule is CCCNc1cc(NCCCOCC2CC2)ccn1. The highest BCUT2D eigenvalue weighted by Gasteiger charge is 2.20. The average Bonchev–Trinajstić information content (AvgIpc) is 3.25. The molecular weight excluding hydrogens is 238 g/mol. The normalized spacial score (nSPS) is 14.4. The summed E-state index contributed by atoms with van der Waals surface area (Å²) in [5.74, 6) is 1.80. The van der Waals surface area contributed by atoms with Gasteiger partial charge in [-0.1, -0.05) is 6.92 Å². The molecule has 1 saturated carbocycles. The lowest BCUT2D eigenvalue weighted by molar-refractivity contribution is 0.124. The summed E-state index contributed by atoms with van der Waals surface area (Å²) in [6, 6.07) is 4.06. The Balaban J connectivity index is 1.58. The fraction of sp³-hybridized carbons (Fsp3) is 0.667. The monoisotopic (exact) mass is 263 g/mol. The van der Waals surface area contributed by atoms with Gasteiger partial charge in [0.2, 0.25) is 0 Å². The highest BCUT2D eigenvalue weighted by molar-refractivity contribution is 5.51. The van der Waals surface area contributed by atoms with Gasteiger partial charge in [-0.3, -0.25) is 0 Å². The van der Waals surface area contributed by atoms with Crippen LogP contribution in [0.25, 0.3) is 0 Å². The Hall–Kier alpha value is -1.29. The van der Waals surface area contributed by atoms with Crippen molar-refractivity contribution in [2.24, 2.45) is 5.92 Å². The van der Waals surface area contributed by atoms with Crippen LogP contribution in [0.5, 0.6) is 0 Å². The van der Waals surface area contributed by atoms with Gasteiger partial charge in [-0.15, -0.1) is 0 Å². The van der Waals surface area contributed by atoms with Crippen LogP contribution in [0.1, 0.15) is 32.6 Å². The number of nitrogens with one attached hydrogen (secondary N) is 2. The van der Waals surface area contributed by atoms with Gasteiger partial charge >= 0.3 is 0 Å². The third-order valence-electron chi connectivity index (χ3n) is 3.16. The van der Waals surface area contributed by atoms with Crippen molar-refractivity contribution in [2.45, 2.75) is 32.6 Å². The summed E-state index contributed by atoms with van der Waals surface area (Å²) in [5, 5.41) is 6.69. The molecular formula is C15H25N3O. The molecule has 0 bridgehead atoms. The molecule has 0 atom stereocenters. The Labute approximate surface area is 116 Å². The number of aromatic nitrogens is 1. The minimum Gasteiger partial charge on any atom is -0.385 e. The lowest BCUT2D eigenvalue weighted by Gasteiger charge is -2.09. The molecule has 1 aliphatic carbocycles. The molecule has 0 saturated heterocycles. The zero-order chi connectivity index (χ0) is 13.3. The summed E-state index contributed by atoms with van der Waals surface area (Å²) in [4.78, 5) is 4.29. The summed E-state index contributed by atoms with van der Waals surface area (Å²) in [5.41, 5.74) is 1.12. The van der Waals surface area contributed by atoms with Gasteiger partial charge in [-0.05, 0) is 37.7 Å². The number of nitrogens with zero attached hydrogens (tertiary/aromatic N) is 1. The number of hydrogen-bond acceptors (Lipinski definition) is 4. The molecule has 106 valence electrons. The van der Waals surface area contributed by atoms with Crippen LogP contribution in [0, 0.1) is 5.92 Å². The van der Waals surface area contributed by atoms with Gasteiger partial charge in [0.1, 0.15) is 5.82 Å². The summed E-state index contributed by atoms with van der Waals surface area (Å²) in [7, 11) is 0. The minimum absolute atomic E-state index is 0.857. The van der Waals surface area contributed by atoms with Crippen LogP contribution in [0.3, 0.4) is 0 Å². The van der Waals surface area contributed by atoms with Crippen LogP contribution in [0.15, 0.2) is 18.3 Å². The second kappa shape index (κ2) is 8.00. The minimum atomic E-state index is 0.857. The van der Waals surface area contributed by atoms with Crippen LogP contribution in [0.4, 0.5) is 11.5 Å². The van der Waals surface area contributed by atoms with Crippen molar-refractivity contribution < 1.29 is 4.74 Å². The molecule has 1 aromatic rings. The molecule has 0 aromatic carbocycles. The lowest BCUT2D eigenvalue weighted by Crippen LogP contribution is -2.08. The number of pyridine rings is 1. The van der Waals surface area contributed by atoms with Crippen LogP contribution in [0.2, 0.25) is 0 Å². The van der Waals surface area contributed by atoms with Gasteiger partial charge in [-0.25, -0.2) is 4.98 Å². The summed E-state index contributed by atoms with van der Waals surface area (Å²) >= 11 is 0. The Morgan fingerprint density at radius 3 is 3.00 bits per heavy atom. The van der Waals surface area contributed by atoms with Crippen molar-refractivity contribution in [2.75, 3.05) is 36.9 Å². The van der Waals surface area contributed by atoms with Crippen LogP contribution in [-0.2, 0) is 4.74 Å². The fourth-order valence-corrected chi connectivity index (χ4v) is 1.83. The molecule has 2 N–H and O–H groups in total. The Morgan fingerprint density at radius 1 is 1.32 bits per heavy atom. The maximum absolute atomic E-state index is 5.61. The molecule has 1 aliphatic rings. The fourth-order valence-electron chi connectivity index (χ4n) is 1.83. The summed E-state index contributed by atoms with van der Waals surface area (Å²) in [6.45, 7) is 5.87. The van der Waals surface area contributed by atoms with E-state index in [0.29, 0.717) is 0 Å². The Morgan fingerprint density at radius 2 is 2.21 bits per heavy atom. The highest BCUT2D eigenvalue weighted by Crippen LogP contribution is 2.28. The second-order valence-electron chi connectivity index (χ2n) is 5.16. The van der Waals surface area contributed by atoms with Crippen molar-refractivity contribution in [1.29, 1.82) is 0 Å². The van der Waals surface area contributed by atoms with Gasteiger partial charge in [0.05, 0.1) is 0 Å². The molecule has 1 fully saturated rings. The number of anilines is 2.